The molecule has 1 amide bonds. The number of nitro groups is 1. The lowest BCUT2D eigenvalue weighted by Crippen LogP contribution is -2.19. The Bertz CT molecular complexity index is 1130. The zero-order chi connectivity index (χ0) is 21.7. The van der Waals surface area contributed by atoms with Crippen LogP contribution in [-0.2, 0) is 11.8 Å². The molecule has 0 saturated heterocycles. The number of halogens is 1. The quantitative estimate of drug-likeness (QED) is 0.246. The Morgan fingerprint density at radius 2 is 2.17 bits per heavy atom. The van der Waals surface area contributed by atoms with Crippen LogP contribution in [0.2, 0.25) is 5.02 Å². The average Bonchev–Trinajstić information content (AvgIpc) is 3.08. The van der Waals surface area contributed by atoms with Gasteiger partial charge in [-0.05, 0) is 18.2 Å². The summed E-state index contributed by atoms with van der Waals surface area (Å²) in [6, 6.07) is 10.7. The molecule has 0 atom stereocenters. The van der Waals surface area contributed by atoms with Crippen LogP contribution in [0.4, 0.5) is 5.69 Å². The van der Waals surface area contributed by atoms with E-state index in [1.807, 2.05) is 12.1 Å². The molecule has 2 N–H and O–H groups in total. The number of carbonyl (C=O) groups is 1. The van der Waals surface area contributed by atoms with Crippen LogP contribution in [0.5, 0.6) is 5.75 Å². The van der Waals surface area contributed by atoms with Crippen LogP contribution in [0.1, 0.15) is 5.56 Å². The predicted molar refractivity (Wildman–Crippen MR) is 113 cm³/mol. The summed E-state index contributed by atoms with van der Waals surface area (Å²) in [6.07, 6.45) is 1.13. The van der Waals surface area contributed by atoms with Gasteiger partial charge in [-0.25, -0.2) is 5.43 Å². The Morgan fingerprint density at radius 3 is 2.90 bits per heavy atom. The first-order valence-electron chi connectivity index (χ1n) is 8.42. The van der Waals surface area contributed by atoms with Crippen molar-refractivity contribution in [3.05, 3.63) is 63.2 Å². The van der Waals surface area contributed by atoms with Crippen LogP contribution in [-0.4, -0.2) is 42.7 Å². The molecule has 0 spiro atoms. The van der Waals surface area contributed by atoms with Crippen molar-refractivity contribution >= 4 is 41.2 Å². The number of hydrogen-bond acceptors (Lipinski definition) is 8. The zero-order valence-corrected chi connectivity index (χ0v) is 17.1. The summed E-state index contributed by atoms with van der Waals surface area (Å²) in [4.78, 5) is 22.2. The molecule has 1 heterocycles. The van der Waals surface area contributed by atoms with Gasteiger partial charge in [-0.1, -0.05) is 35.5 Å². The van der Waals surface area contributed by atoms with Gasteiger partial charge in [-0.3, -0.25) is 14.9 Å². The first-order chi connectivity index (χ1) is 14.3. The summed E-state index contributed by atoms with van der Waals surface area (Å²) < 4.78 is 1.74. The van der Waals surface area contributed by atoms with Crippen LogP contribution in [0.25, 0.3) is 11.4 Å². The largest absolute Gasteiger partial charge is 0.507 e. The van der Waals surface area contributed by atoms with E-state index in [9.17, 15) is 20.0 Å². The number of phenolic OH excluding ortho intramolecular Hbond substituents is 1. The molecule has 3 aromatic rings. The molecule has 0 unspecified atom stereocenters. The Morgan fingerprint density at radius 1 is 1.37 bits per heavy atom. The van der Waals surface area contributed by atoms with Crippen LogP contribution in [0, 0.1) is 10.1 Å². The van der Waals surface area contributed by atoms with Gasteiger partial charge in [0.05, 0.1) is 16.9 Å². The molecule has 12 heteroatoms. The summed E-state index contributed by atoms with van der Waals surface area (Å²) in [5, 5.41) is 33.5. The minimum absolute atomic E-state index is 0.0137. The van der Waals surface area contributed by atoms with Gasteiger partial charge in [0.25, 0.3) is 11.6 Å². The minimum atomic E-state index is -0.593. The second-order valence-corrected chi connectivity index (χ2v) is 7.34. The third-order valence-electron chi connectivity index (χ3n) is 3.86. The molecule has 30 heavy (non-hydrogen) atoms. The Balaban J connectivity index is 1.59. The number of hydrazone groups is 1. The number of amides is 1. The number of nitro benzene ring substituents is 1. The number of hydrogen-bond donors (Lipinski definition) is 2. The second-order valence-electron chi connectivity index (χ2n) is 5.96. The van der Waals surface area contributed by atoms with Crippen LogP contribution >= 0.6 is 23.4 Å². The number of aromatic nitrogens is 3. The SMILES string of the molecule is Cn1c(SCC(=O)NN=Cc2cc([N+](=O)[O-])ccc2O)nnc1-c1cccc(Cl)c1. The van der Waals surface area contributed by atoms with E-state index in [1.165, 1.54) is 12.1 Å². The van der Waals surface area contributed by atoms with Gasteiger partial charge in [0.2, 0.25) is 0 Å². The fourth-order valence-corrected chi connectivity index (χ4v) is 3.31. The van der Waals surface area contributed by atoms with Crippen molar-refractivity contribution in [3.8, 4) is 17.1 Å². The van der Waals surface area contributed by atoms with E-state index >= 15 is 0 Å². The lowest BCUT2D eigenvalue weighted by molar-refractivity contribution is -0.384. The number of non-ortho nitro benzene ring substituents is 1. The van der Waals surface area contributed by atoms with Crippen LogP contribution in [0.15, 0.2) is 52.7 Å². The highest BCUT2D eigenvalue weighted by atomic mass is 35.5. The number of aromatic hydroxyl groups is 1. The number of phenols is 1. The van der Waals surface area contributed by atoms with Gasteiger partial charge in [0.15, 0.2) is 11.0 Å². The molecule has 0 saturated carbocycles. The van der Waals surface area contributed by atoms with E-state index in [0.29, 0.717) is 16.0 Å². The summed E-state index contributed by atoms with van der Waals surface area (Å²) in [7, 11) is 1.78. The first kappa shape index (κ1) is 21.3. The molecule has 2 aromatic carbocycles. The Kier molecular flexibility index (Phi) is 6.65. The third kappa shape index (κ3) is 5.13. The van der Waals surface area contributed by atoms with Crippen molar-refractivity contribution in [1.29, 1.82) is 0 Å². The monoisotopic (exact) mass is 446 g/mol. The topological polar surface area (TPSA) is 136 Å². The van der Waals surface area contributed by atoms with Crippen molar-refractivity contribution in [2.24, 2.45) is 12.1 Å². The van der Waals surface area contributed by atoms with E-state index in [4.69, 9.17) is 11.6 Å². The normalized spacial score (nSPS) is 11.0. The summed E-state index contributed by atoms with van der Waals surface area (Å²) in [6.45, 7) is 0. The van der Waals surface area contributed by atoms with Crippen molar-refractivity contribution in [1.82, 2.24) is 20.2 Å². The van der Waals surface area contributed by atoms with E-state index < -0.39 is 10.8 Å². The first-order valence-corrected chi connectivity index (χ1v) is 9.79. The number of benzene rings is 2. The summed E-state index contributed by atoms with van der Waals surface area (Å²) in [5.41, 5.74) is 3.01. The molecule has 0 aliphatic heterocycles. The maximum atomic E-state index is 12.0. The maximum Gasteiger partial charge on any atom is 0.270 e. The molecular formula is C18H15ClN6O4S. The second kappa shape index (κ2) is 9.37. The molecule has 0 aliphatic carbocycles. The average molecular weight is 447 g/mol. The van der Waals surface area contributed by atoms with Crippen molar-refractivity contribution in [2.75, 3.05) is 5.75 Å². The van der Waals surface area contributed by atoms with E-state index in [0.717, 1.165) is 29.6 Å². The van der Waals surface area contributed by atoms with Crippen LogP contribution in [0.3, 0.4) is 0 Å². The highest BCUT2D eigenvalue weighted by Crippen LogP contribution is 2.24. The Labute approximate surface area is 179 Å². The number of nitrogens with zero attached hydrogens (tertiary/aromatic N) is 5. The third-order valence-corrected chi connectivity index (χ3v) is 5.12. The fourth-order valence-electron chi connectivity index (χ4n) is 2.41. The van der Waals surface area contributed by atoms with E-state index in [2.05, 4.69) is 20.7 Å². The predicted octanol–water partition coefficient (Wildman–Crippen LogP) is 2.99. The highest BCUT2D eigenvalue weighted by molar-refractivity contribution is 7.99. The number of rotatable bonds is 7. The van der Waals surface area contributed by atoms with Crippen molar-refractivity contribution < 1.29 is 14.8 Å². The van der Waals surface area contributed by atoms with E-state index in [1.54, 1.807) is 23.7 Å². The van der Waals surface area contributed by atoms with Crippen LogP contribution < -0.4 is 5.43 Å². The maximum absolute atomic E-state index is 12.0. The smallest absolute Gasteiger partial charge is 0.270 e. The van der Waals surface area contributed by atoms with Gasteiger partial charge >= 0.3 is 0 Å². The van der Waals surface area contributed by atoms with Gasteiger partial charge in [-0.2, -0.15) is 5.10 Å². The highest BCUT2D eigenvalue weighted by Gasteiger charge is 2.13. The molecule has 1 aromatic heterocycles. The van der Waals surface area contributed by atoms with Gasteiger partial charge in [0.1, 0.15) is 5.75 Å². The molecule has 154 valence electrons. The fraction of sp³-hybridized carbons (Fsp3) is 0.111. The van der Waals surface area contributed by atoms with Gasteiger partial charge in [-0.15, -0.1) is 10.2 Å². The molecule has 3 rings (SSSR count). The van der Waals surface area contributed by atoms with E-state index in [-0.39, 0.29) is 22.8 Å². The number of nitrogens with one attached hydrogen (secondary N) is 1. The van der Waals surface area contributed by atoms with Crippen molar-refractivity contribution in [2.45, 2.75) is 5.16 Å². The zero-order valence-electron chi connectivity index (χ0n) is 15.5. The lowest BCUT2D eigenvalue weighted by atomic mass is 10.2. The Hall–Kier alpha value is -3.44. The number of carbonyl (C=O) groups excluding carboxylic acids is 1. The van der Waals surface area contributed by atoms with Crippen molar-refractivity contribution in [3.63, 3.8) is 0 Å². The molecule has 10 nitrogen and oxygen atoms in total. The minimum Gasteiger partial charge on any atom is -0.507 e. The standard InChI is InChI=1S/C18H15ClN6O4S/c1-24-17(11-3-2-4-13(19)7-11)22-23-18(24)30-10-16(27)21-20-9-12-8-14(25(28)29)5-6-15(12)26/h2-9,26H,10H2,1H3,(H,21,27). The molecule has 0 aliphatic rings. The van der Waals surface area contributed by atoms with Gasteiger partial charge < -0.3 is 9.67 Å². The molecule has 0 bridgehead atoms. The summed E-state index contributed by atoms with van der Waals surface area (Å²) in [5.74, 6) is 0.00780. The summed E-state index contributed by atoms with van der Waals surface area (Å²) >= 11 is 7.17. The lowest BCUT2D eigenvalue weighted by Gasteiger charge is -2.04. The molecular weight excluding hydrogens is 432 g/mol. The molecule has 0 radical (unpaired) electrons. The molecule has 0 fully saturated rings. The number of thioether (sulfide) groups is 1. The van der Waals surface area contributed by atoms with Gasteiger partial charge in [0, 0.05) is 35.3 Å².